The molecule has 6 nitrogen and oxygen atoms in total. The molecule has 0 bridgehead atoms. The highest BCUT2D eigenvalue weighted by molar-refractivity contribution is 6.07. The van der Waals surface area contributed by atoms with Crippen molar-refractivity contribution in [2.24, 2.45) is 0 Å². The maximum atomic E-state index is 12.1. The zero-order valence-corrected chi connectivity index (χ0v) is 11.5. The number of hydrogen-bond donors (Lipinski definition) is 1. The minimum Gasteiger partial charge on any atom is -0.350 e. The smallest absolute Gasteiger partial charge is 0.255 e. The van der Waals surface area contributed by atoms with Crippen LogP contribution in [-0.2, 0) is 9.59 Å². The minimum absolute atomic E-state index is 0.0508. The first-order chi connectivity index (χ1) is 9.51. The molecule has 0 aromatic carbocycles. The largest absolute Gasteiger partial charge is 0.350 e. The fraction of sp³-hybridized carbons (Fsp3) is 0.286. The molecule has 1 rings (SSSR count). The second-order valence-electron chi connectivity index (χ2n) is 4.32. The van der Waals surface area contributed by atoms with Gasteiger partial charge in [0.15, 0.2) is 0 Å². The number of aldehydes is 1. The lowest BCUT2D eigenvalue weighted by Crippen LogP contribution is -2.36. The van der Waals surface area contributed by atoms with Gasteiger partial charge in [-0.25, -0.2) is 4.98 Å². The molecule has 1 aromatic rings. The molecule has 1 aromatic heterocycles. The van der Waals surface area contributed by atoms with Gasteiger partial charge in [0.25, 0.3) is 11.8 Å². The number of anilines is 1. The standard InChI is InChI=1S/C14H17N3O3/c1-4-12(19)17(8-9-18)13-11(6-5-7-15-13)14(20)16-10(2)3/h4-7,9-10H,1,8H2,2-3H3,(H,16,20). The van der Waals surface area contributed by atoms with Gasteiger partial charge >= 0.3 is 0 Å². The van der Waals surface area contributed by atoms with Crippen LogP contribution in [0.25, 0.3) is 0 Å². The predicted molar refractivity (Wildman–Crippen MR) is 75.5 cm³/mol. The zero-order chi connectivity index (χ0) is 15.1. The van der Waals surface area contributed by atoms with E-state index in [1.807, 2.05) is 13.8 Å². The Morgan fingerprint density at radius 1 is 1.50 bits per heavy atom. The highest BCUT2D eigenvalue weighted by Gasteiger charge is 2.21. The molecule has 20 heavy (non-hydrogen) atoms. The Labute approximate surface area is 117 Å². The predicted octanol–water partition coefficient (Wildman–Crippen LogP) is 0.938. The molecule has 0 fully saturated rings. The lowest BCUT2D eigenvalue weighted by atomic mass is 10.2. The molecule has 0 spiro atoms. The van der Waals surface area contributed by atoms with Crippen LogP contribution in [0.15, 0.2) is 31.0 Å². The minimum atomic E-state index is -0.491. The second-order valence-corrected chi connectivity index (χ2v) is 4.32. The summed E-state index contributed by atoms with van der Waals surface area (Å²) in [5.41, 5.74) is 0.234. The van der Waals surface area contributed by atoms with Crippen molar-refractivity contribution in [1.29, 1.82) is 0 Å². The summed E-state index contributed by atoms with van der Waals surface area (Å²) in [5.74, 6) is -0.701. The number of nitrogens with zero attached hydrogens (tertiary/aromatic N) is 2. The number of hydrogen-bond acceptors (Lipinski definition) is 4. The van der Waals surface area contributed by atoms with Gasteiger partial charge in [-0.05, 0) is 32.1 Å². The van der Waals surface area contributed by atoms with Crippen LogP contribution in [0.4, 0.5) is 5.82 Å². The van der Waals surface area contributed by atoms with Gasteiger partial charge in [0.2, 0.25) is 0 Å². The molecule has 0 aliphatic rings. The zero-order valence-electron chi connectivity index (χ0n) is 11.5. The Hall–Kier alpha value is -2.50. The maximum absolute atomic E-state index is 12.1. The van der Waals surface area contributed by atoms with Gasteiger partial charge in [0.05, 0.1) is 12.1 Å². The maximum Gasteiger partial charge on any atom is 0.255 e. The fourth-order valence-electron chi connectivity index (χ4n) is 1.59. The van der Waals surface area contributed by atoms with Crippen molar-refractivity contribution in [3.63, 3.8) is 0 Å². The SMILES string of the molecule is C=CC(=O)N(CC=O)c1ncccc1C(=O)NC(C)C. The summed E-state index contributed by atoms with van der Waals surface area (Å²) in [4.78, 5) is 39.7. The molecular weight excluding hydrogens is 258 g/mol. The van der Waals surface area contributed by atoms with E-state index in [1.165, 1.54) is 6.20 Å². The number of nitrogens with one attached hydrogen (secondary N) is 1. The fourth-order valence-corrected chi connectivity index (χ4v) is 1.59. The molecule has 1 N–H and O–H groups in total. The number of carbonyl (C=O) groups is 3. The third-order valence-electron chi connectivity index (χ3n) is 2.40. The highest BCUT2D eigenvalue weighted by Crippen LogP contribution is 2.17. The molecule has 2 amide bonds. The summed E-state index contributed by atoms with van der Waals surface area (Å²) >= 11 is 0. The van der Waals surface area contributed by atoms with Crippen molar-refractivity contribution in [3.05, 3.63) is 36.5 Å². The van der Waals surface area contributed by atoms with Crippen LogP contribution < -0.4 is 10.2 Å². The summed E-state index contributed by atoms with van der Waals surface area (Å²) < 4.78 is 0. The van der Waals surface area contributed by atoms with Gasteiger partial charge in [-0.3, -0.25) is 14.5 Å². The average molecular weight is 275 g/mol. The van der Waals surface area contributed by atoms with Crippen molar-refractivity contribution in [2.45, 2.75) is 19.9 Å². The Balaban J connectivity index is 3.21. The van der Waals surface area contributed by atoms with Crippen LogP contribution in [-0.4, -0.2) is 35.7 Å². The highest BCUT2D eigenvalue weighted by atomic mass is 16.2. The molecular formula is C14H17N3O3. The summed E-state index contributed by atoms with van der Waals surface area (Å²) in [6.45, 7) is 6.84. The van der Waals surface area contributed by atoms with Crippen molar-refractivity contribution >= 4 is 23.9 Å². The molecule has 0 atom stereocenters. The van der Waals surface area contributed by atoms with Gasteiger partial charge in [-0.15, -0.1) is 0 Å². The lowest BCUT2D eigenvalue weighted by Gasteiger charge is -2.20. The monoisotopic (exact) mass is 275 g/mol. The number of rotatable bonds is 6. The van der Waals surface area contributed by atoms with E-state index in [0.717, 1.165) is 11.0 Å². The molecule has 0 aliphatic heterocycles. The summed E-state index contributed by atoms with van der Waals surface area (Å²) in [7, 11) is 0. The van der Waals surface area contributed by atoms with E-state index in [-0.39, 0.29) is 29.9 Å². The van der Waals surface area contributed by atoms with Crippen LogP contribution in [0.1, 0.15) is 24.2 Å². The van der Waals surface area contributed by atoms with Gasteiger partial charge in [0, 0.05) is 12.2 Å². The van der Waals surface area contributed by atoms with Crippen molar-refractivity contribution in [3.8, 4) is 0 Å². The second kappa shape index (κ2) is 7.18. The molecule has 0 radical (unpaired) electrons. The topological polar surface area (TPSA) is 79.4 Å². The molecule has 0 aliphatic carbocycles. The number of amides is 2. The van der Waals surface area contributed by atoms with Gasteiger partial charge in [0.1, 0.15) is 12.1 Å². The summed E-state index contributed by atoms with van der Waals surface area (Å²) in [5, 5.41) is 2.72. The summed E-state index contributed by atoms with van der Waals surface area (Å²) in [6.07, 6.45) is 3.10. The lowest BCUT2D eigenvalue weighted by molar-refractivity contribution is -0.116. The van der Waals surface area contributed by atoms with Gasteiger partial charge in [-0.2, -0.15) is 0 Å². The third-order valence-corrected chi connectivity index (χ3v) is 2.40. The summed E-state index contributed by atoms with van der Waals surface area (Å²) in [6, 6.07) is 3.09. The third kappa shape index (κ3) is 3.74. The van der Waals surface area contributed by atoms with Crippen LogP contribution >= 0.6 is 0 Å². The number of pyridine rings is 1. The van der Waals surface area contributed by atoms with E-state index in [9.17, 15) is 14.4 Å². The average Bonchev–Trinajstić information content (AvgIpc) is 2.43. The van der Waals surface area contributed by atoms with E-state index in [2.05, 4.69) is 16.9 Å². The van der Waals surface area contributed by atoms with Gasteiger partial charge < -0.3 is 10.1 Å². The van der Waals surface area contributed by atoms with E-state index in [1.54, 1.807) is 12.1 Å². The number of carbonyl (C=O) groups excluding carboxylic acids is 3. The van der Waals surface area contributed by atoms with E-state index >= 15 is 0 Å². The van der Waals surface area contributed by atoms with Gasteiger partial charge in [-0.1, -0.05) is 6.58 Å². The first-order valence-electron chi connectivity index (χ1n) is 6.14. The van der Waals surface area contributed by atoms with Crippen molar-refractivity contribution < 1.29 is 14.4 Å². The van der Waals surface area contributed by atoms with Crippen molar-refractivity contribution in [1.82, 2.24) is 10.3 Å². The molecule has 0 saturated heterocycles. The van der Waals surface area contributed by atoms with E-state index < -0.39 is 5.91 Å². The Morgan fingerprint density at radius 3 is 2.75 bits per heavy atom. The molecule has 106 valence electrons. The molecule has 6 heteroatoms. The van der Waals surface area contributed by atoms with E-state index in [0.29, 0.717) is 6.29 Å². The first-order valence-corrected chi connectivity index (χ1v) is 6.14. The molecule has 0 saturated carbocycles. The first kappa shape index (κ1) is 15.6. The Bertz CT molecular complexity index is 526. The van der Waals surface area contributed by atoms with Crippen molar-refractivity contribution in [2.75, 3.05) is 11.4 Å². The van der Waals surface area contributed by atoms with Crippen LogP contribution in [0, 0.1) is 0 Å². The Morgan fingerprint density at radius 2 is 2.20 bits per heavy atom. The van der Waals surface area contributed by atoms with Crippen LogP contribution in [0.3, 0.4) is 0 Å². The van der Waals surface area contributed by atoms with E-state index in [4.69, 9.17) is 0 Å². The normalized spacial score (nSPS) is 9.95. The Kier molecular flexibility index (Phi) is 5.58. The molecule has 1 heterocycles. The van der Waals surface area contributed by atoms with Crippen LogP contribution in [0.5, 0.6) is 0 Å². The molecule has 0 unspecified atom stereocenters. The van der Waals surface area contributed by atoms with Crippen LogP contribution in [0.2, 0.25) is 0 Å². The number of aromatic nitrogens is 1. The quantitative estimate of drug-likeness (QED) is 0.619.